The molecule has 1 fully saturated rings. The lowest BCUT2D eigenvalue weighted by molar-refractivity contribution is -0.131. The zero-order chi connectivity index (χ0) is 13.7. The van der Waals surface area contributed by atoms with Crippen molar-refractivity contribution in [2.75, 3.05) is 27.2 Å². The zero-order valence-electron chi connectivity index (χ0n) is 11.7. The number of nitrogens with one attached hydrogen (secondary N) is 1. The van der Waals surface area contributed by atoms with Crippen molar-refractivity contribution in [3.8, 4) is 5.75 Å². The summed E-state index contributed by atoms with van der Waals surface area (Å²) < 4.78 is 5.18. The smallest absolute Gasteiger partial charge is 0.227 e. The Kier molecular flexibility index (Phi) is 4.80. The average molecular weight is 262 g/mol. The van der Waals surface area contributed by atoms with Gasteiger partial charge in [-0.15, -0.1) is 0 Å². The molecule has 2 rings (SSSR count). The number of carbonyl (C=O) groups is 1. The Labute approximate surface area is 114 Å². The molecule has 1 N–H and O–H groups in total. The van der Waals surface area contributed by atoms with E-state index in [0.717, 1.165) is 37.2 Å². The molecule has 0 unspecified atom stereocenters. The second-order valence-corrected chi connectivity index (χ2v) is 5.00. The fraction of sp³-hybridized carbons (Fsp3) is 0.533. The van der Waals surface area contributed by atoms with Crippen LogP contribution in [0, 0.1) is 0 Å². The molecule has 1 aromatic carbocycles. The molecule has 0 bridgehead atoms. The van der Waals surface area contributed by atoms with Gasteiger partial charge in [-0.3, -0.25) is 4.79 Å². The fourth-order valence-corrected chi connectivity index (χ4v) is 2.51. The molecule has 4 nitrogen and oxygen atoms in total. The third-order valence-electron chi connectivity index (χ3n) is 3.67. The maximum atomic E-state index is 12.3. The third-order valence-corrected chi connectivity index (χ3v) is 3.67. The number of likely N-dealkylation sites (N-methyl/N-ethyl adjacent to an activating group) is 1. The Balaban J connectivity index is 1.96. The monoisotopic (exact) mass is 262 g/mol. The number of likely N-dealkylation sites (tertiary alicyclic amines) is 1. The Morgan fingerprint density at radius 1 is 1.53 bits per heavy atom. The summed E-state index contributed by atoms with van der Waals surface area (Å²) >= 11 is 0. The molecule has 0 saturated carbocycles. The van der Waals surface area contributed by atoms with Gasteiger partial charge in [-0.1, -0.05) is 12.1 Å². The van der Waals surface area contributed by atoms with Gasteiger partial charge in [0, 0.05) is 19.1 Å². The van der Waals surface area contributed by atoms with E-state index >= 15 is 0 Å². The van der Waals surface area contributed by atoms with Crippen LogP contribution in [-0.4, -0.2) is 44.1 Å². The number of hydrogen-bond acceptors (Lipinski definition) is 3. The van der Waals surface area contributed by atoms with Gasteiger partial charge in [0.15, 0.2) is 0 Å². The van der Waals surface area contributed by atoms with Crippen LogP contribution in [0.2, 0.25) is 0 Å². The second-order valence-electron chi connectivity index (χ2n) is 5.00. The van der Waals surface area contributed by atoms with Gasteiger partial charge in [0.2, 0.25) is 5.91 Å². The van der Waals surface area contributed by atoms with Gasteiger partial charge < -0.3 is 15.0 Å². The second kappa shape index (κ2) is 6.57. The van der Waals surface area contributed by atoms with Crippen molar-refractivity contribution < 1.29 is 9.53 Å². The van der Waals surface area contributed by atoms with E-state index < -0.39 is 0 Å². The molecule has 1 heterocycles. The Bertz CT molecular complexity index is 434. The van der Waals surface area contributed by atoms with Crippen molar-refractivity contribution >= 4 is 5.91 Å². The molecule has 1 aliphatic rings. The van der Waals surface area contributed by atoms with E-state index in [1.165, 1.54) is 0 Å². The number of benzene rings is 1. The maximum absolute atomic E-state index is 12.3. The van der Waals surface area contributed by atoms with Crippen molar-refractivity contribution in [1.82, 2.24) is 10.2 Å². The summed E-state index contributed by atoms with van der Waals surface area (Å²) in [6.45, 7) is 1.69. The number of methoxy groups -OCH3 is 1. The minimum atomic E-state index is 0.202. The van der Waals surface area contributed by atoms with Crippen molar-refractivity contribution in [1.29, 1.82) is 0 Å². The van der Waals surface area contributed by atoms with Gasteiger partial charge in [-0.05, 0) is 37.6 Å². The van der Waals surface area contributed by atoms with Crippen molar-refractivity contribution in [2.45, 2.75) is 25.3 Å². The van der Waals surface area contributed by atoms with E-state index in [4.69, 9.17) is 4.74 Å². The highest BCUT2D eigenvalue weighted by Crippen LogP contribution is 2.15. The first-order valence-electron chi connectivity index (χ1n) is 6.81. The van der Waals surface area contributed by atoms with Gasteiger partial charge in [-0.2, -0.15) is 0 Å². The van der Waals surface area contributed by atoms with E-state index in [1.54, 1.807) is 7.11 Å². The highest BCUT2D eigenvalue weighted by atomic mass is 16.5. The minimum absolute atomic E-state index is 0.202. The topological polar surface area (TPSA) is 41.6 Å². The summed E-state index contributed by atoms with van der Waals surface area (Å²) in [5, 5.41) is 3.26. The molecular formula is C15H22N2O2. The molecule has 4 heteroatoms. The fourth-order valence-electron chi connectivity index (χ4n) is 2.51. The van der Waals surface area contributed by atoms with Crippen molar-refractivity contribution in [3.63, 3.8) is 0 Å². The molecule has 0 aromatic heterocycles. The Morgan fingerprint density at radius 3 is 3.11 bits per heavy atom. The molecule has 0 spiro atoms. The van der Waals surface area contributed by atoms with Gasteiger partial charge in [0.05, 0.1) is 13.5 Å². The van der Waals surface area contributed by atoms with Crippen LogP contribution in [0.25, 0.3) is 0 Å². The lowest BCUT2D eigenvalue weighted by atomic mass is 10.0. The van der Waals surface area contributed by atoms with E-state index in [2.05, 4.69) is 5.32 Å². The average Bonchev–Trinajstić information content (AvgIpc) is 2.47. The number of piperidine rings is 1. The van der Waals surface area contributed by atoms with Crippen LogP contribution < -0.4 is 10.1 Å². The van der Waals surface area contributed by atoms with E-state index in [1.807, 2.05) is 36.2 Å². The summed E-state index contributed by atoms with van der Waals surface area (Å²) in [6.07, 6.45) is 2.68. The first-order valence-corrected chi connectivity index (χ1v) is 6.81. The number of amides is 1. The van der Waals surface area contributed by atoms with Crippen molar-refractivity contribution in [2.24, 2.45) is 0 Å². The Morgan fingerprint density at radius 2 is 2.37 bits per heavy atom. The standard InChI is InChI=1S/C15H22N2O2/c1-16-13-6-4-8-17(11-13)15(18)10-12-5-3-7-14(9-12)19-2/h3,5,7,9,13,16H,4,6,8,10-11H2,1-2H3/t13-/m1/s1. The predicted octanol–water partition coefficient (Wildman–Crippen LogP) is 1.45. The molecule has 1 saturated heterocycles. The van der Waals surface area contributed by atoms with Crippen LogP contribution in [0.3, 0.4) is 0 Å². The summed E-state index contributed by atoms with van der Waals surface area (Å²) in [5.74, 6) is 1.00. The van der Waals surface area contributed by atoms with Gasteiger partial charge in [0.1, 0.15) is 5.75 Å². The molecule has 1 aliphatic heterocycles. The van der Waals surface area contributed by atoms with Gasteiger partial charge >= 0.3 is 0 Å². The number of ether oxygens (including phenoxy) is 1. The zero-order valence-corrected chi connectivity index (χ0v) is 11.7. The van der Waals surface area contributed by atoms with Crippen LogP contribution in [0.1, 0.15) is 18.4 Å². The normalized spacial score (nSPS) is 19.3. The lowest BCUT2D eigenvalue weighted by Gasteiger charge is -2.32. The molecule has 1 amide bonds. The largest absolute Gasteiger partial charge is 0.497 e. The lowest BCUT2D eigenvalue weighted by Crippen LogP contribution is -2.47. The molecule has 0 aliphatic carbocycles. The Hall–Kier alpha value is -1.55. The molecule has 1 aromatic rings. The van der Waals surface area contributed by atoms with E-state index in [-0.39, 0.29) is 5.91 Å². The maximum Gasteiger partial charge on any atom is 0.227 e. The number of rotatable bonds is 4. The van der Waals surface area contributed by atoms with Gasteiger partial charge in [0.25, 0.3) is 0 Å². The summed E-state index contributed by atoms with van der Waals surface area (Å²) in [5.41, 5.74) is 1.01. The molecule has 1 atom stereocenters. The molecule has 0 radical (unpaired) electrons. The predicted molar refractivity (Wildman–Crippen MR) is 75.4 cm³/mol. The van der Waals surface area contributed by atoms with Crippen LogP contribution in [0.4, 0.5) is 0 Å². The first-order chi connectivity index (χ1) is 9.22. The molecular weight excluding hydrogens is 240 g/mol. The number of hydrogen-bond donors (Lipinski definition) is 1. The van der Waals surface area contributed by atoms with Crippen molar-refractivity contribution in [3.05, 3.63) is 29.8 Å². The van der Waals surface area contributed by atoms with Crippen LogP contribution >= 0.6 is 0 Å². The summed E-state index contributed by atoms with van der Waals surface area (Å²) in [6, 6.07) is 8.15. The highest BCUT2D eigenvalue weighted by Gasteiger charge is 2.22. The molecule has 19 heavy (non-hydrogen) atoms. The number of carbonyl (C=O) groups excluding carboxylic acids is 1. The van der Waals surface area contributed by atoms with E-state index in [9.17, 15) is 4.79 Å². The van der Waals surface area contributed by atoms with Crippen LogP contribution in [0.5, 0.6) is 5.75 Å². The van der Waals surface area contributed by atoms with E-state index in [0.29, 0.717) is 12.5 Å². The third kappa shape index (κ3) is 3.70. The SMILES string of the molecule is CN[C@@H]1CCCN(C(=O)Cc2cccc(OC)c2)C1. The summed E-state index contributed by atoms with van der Waals surface area (Å²) in [7, 11) is 3.60. The number of nitrogens with zero attached hydrogens (tertiary/aromatic N) is 1. The first kappa shape index (κ1) is 13.9. The van der Waals surface area contributed by atoms with Crippen LogP contribution in [-0.2, 0) is 11.2 Å². The van der Waals surface area contributed by atoms with Crippen LogP contribution in [0.15, 0.2) is 24.3 Å². The highest BCUT2D eigenvalue weighted by molar-refractivity contribution is 5.79. The quantitative estimate of drug-likeness (QED) is 0.893. The molecule has 104 valence electrons. The minimum Gasteiger partial charge on any atom is -0.497 e. The summed E-state index contributed by atoms with van der Waals surface area (Å²) in [4.78, 5) is 14.2. The van der Waals surface area contributed by atoms with Gasteiger partial charge in [-0.25, -0.2) is 0 Å².